The first-order chi connectivity index (χ1) is 11.3. The molecule has 2 aliphatic rings. The SMILES string of the molecule is COc1cccc(C(=O)NCCN[C@H]2CCCC[C@@H]2C2CC2)c1. The van der Waals surface area contributed by atoms with Crippen molar-refractivity contribution in [2.75, 3.05) is 20.2 Å². The van der Waals surface area contributed by atoms with Crippen molar-refractivity contribution in [3.8, 4) is 5.75 Å². The van der Waals surface area contributed by atoms with E-state index in [1.54, 1.807) is 13.2 Å². The molecule has 0 radical (unpaired) electrons. The molecule has 0 unspecified atom stereocenters. The maximum atomic E-state index is 12.2. The maximum Gasteiger partial charge on any atom is 0.251 e. The highest BCUT2D eigenvalue weighted by Crippen LogP contribution is 2.43. The predicted molar refractivity (Wildman–Crippen MR) is 91.8 cm³/mol. The van der Waals surface area contributed by atoms with Gasteiger partial charge in [0.1, 0.15) is 5.75 Å². The summed E-state index contributed by atoms with van der Waals surface area (Å²) in [5.41, 5.74) is 0.651. The fourth-order valence-corrected chi connectivity index (χ4v) is 3.80. The highest BCUT2D eigenvalue weighted by Gasteiger charge is 2.37. The fourth-order valence-electron chi connectivity index (χ4n) is 3.80. The van der Waals surface area contributed by atoms with Gasteiger partial charge in [0.05, 0.1) is 7.11 Å². The van der Waals surface area contributed by atoms with Crippen molar-refractivity contribution >= 4 is 5.91 Å². The van der Waals surface area contributed by atoms with Gasteiger partial charge in [-0.25, -0.2) is 0 Å². The van der Waals surface area contributed by atoms with E-state index in [1.165, 1.54) is 38.5 Å². The maximum absolute atomic E-state index is 12.2. The molecule has 0 aliphatic heterocycles. The number of hydrogen-bond acceptors (Lipinski definition) is 3. The van der Waals surface area contributed by atoms with Crippen LogP contribution in [0.4, 0.5) is 0 Å². The second-order valence-electron chi connectivity index (χ2n) is 6.83. The van der Waals surface area contributed by atoms with Gasteiger partial charge in [-0.3, -0.25) is 4.79 Å². The molecule has 126 valence electrons. The Morgan fingerprint density at radius 2 is 2.00 bits per heavy atom. The number of carbonyl (C=O) groups is 1. The lowest BCUT2D eigenvalue weighted by Crippen LogP contribution is -2.43. The van der Waals surface area contributed by atoms with Gasteiger partial charge in [0, 0.05) is 24.7 Å². The molecular weight excluding hydrogens is 288 g/mol. The standard InChI is InChI=1S/C19H28N2O2/c1-23-16-6-4-5-15(13-16)19(22)21-12-11-20-18-8-3-2-7-17(18)14-9-10-14/h4-6,13-14,17-18,20H,2-3,7-12H2,1H3,(H,21,22)/t17-,18+/m1/s1. The van der Waals surface area contributed by atoms with Crippen molar-refractivity contribution in [2.45, 2.75) is 44.6 Å². The Balaban J connectivity index is 1.41. The average Bonchev–Trinajstić information content (AvgIpc) is 3.44. The van der Waals surface area contributed by atoms with E-state index in [2.05, 4.69) is 10.6 Å². The number of ether oxygens (including phenoxy) is 1. The molecule has 0 saturated heterocycles. The molecule has 3 rings (SSSR count). The first kappa shape index (κ1) is 16.3. The smallest absolute Gasteiger partial charge is 0.251 e. The van der Waals surface area contributed by atoms with Crippen LogP contribution in [0.5, 0.6) is 5.75 Å². The van der Waals surface area contributed by atoms with E-state index < -0.39 is 0 Å². The number of hydrogen-bond donors (Lipinski definition) is 2. The van der Waals surface area contributed by atoms with Gasteiger partial charge in [-0.05, 0) is 55.7 Å². The van der Waals surface area contributed by atoms with E-state index in [1.807, 2.05) is 18.2 Å². The Hall–Kier alpha value is -1.55. The first-order valence-electron chi connectivity index (χ1n) is 8.93. The number of methoxy groups -OCH3 is 1. The van der Waals surface area contributed by atoms with Crippen LogP contribution >= 0.6 is 0 Å². The quantitative estimate of drug-likeness (QED) is 0.760. The van der Waals surface area contributed by atoms with Gasteiger partial charge in [0.15, 0.2) is 0 Å². The second-order valence-corrected chi connectivity index (χ2v) is 6.83. The Bertz CT molecular complexity index is 528. The summed E-state index contributed by atoms with van der Waals surface area (Å²) in [7, 11) is 1.61. The summed E-state index contributed by atoms with van der Waals surface area (Å²) >= 11 is 0. The van der Waals surface area contributed by atoms with Crippen molar-refractivity contribution < 1.29 is 9.53 Å². The Kier molecular flexibility index (Phi) is 5.55. The molecule has 2 aliphatic carbocycles. The van der Waals surface area contributed by atoms with Crippen molar-refractivity contribution in [3.63, 3.8) is 0 Å². The Labute approximate surface area is 139 Å². The van der Waals surface area contributed by atoms with Crippen molar-refractivity contribution in [1.29, 1.82) is 0 Å². The Morgan fingerprint density at radius 3 is 2.78 bits per heavy atom. The van der Waals surface area contributed by atoms with Gasteiger partial charge in [-0.1, -0.05) is 18.9 Å². The van der Waals surface area contributed by atoms with Crippen molar-refractivity contribution in [1.82, 2.24) is 10.6 Å². The largest absolute Gasteiger partial charge is 0.497 e. The molecule has 0 spiro atoms. The third kappa shape index (κ3) is 4.47. The zero-order valence-corrected chi connectivity index (χ0v) is 14.0. The van der Waals surface area contributed by atoms with E-state index in [0.29, 0.717) is 23.9 Å². The van der Waals surface area contributed by atoms with E-state index >= 15 is 0 Å². The molecule has 2 fully saturated rings. The van der Waals surface area contributed by atoms with E-state index in [9.17, 15) is 4.79 Å². The minimum Gasteiger partial charge on any atom is -0.497 e. The van der Waals surface area contributed by atoms with Gasteiger partial charge >= 0.3 is 0 Å². The average molecular weight is 316 g/mol. The lowest BCUT2D eigenvalue weighted by Gasteiger charge is -2.32. The van der Waals surface area contributed by atoms with Gasteiger partial charge in [0.2, 0.25) is 0 Å². The van der Waals surface area contributed by atoms with Gasteiger partial charge in [0.25, 0.3) is 5.91 Å². The zero-order chi connectivity index (χ0) is 16.1. The summed E-state index contributed by atoms with van der Waals surface area (Å²) in [6.07, 6.45) is 8.28. The van der Waals surface area contributed by atoms with Gasteiger partial charge < -0.3 is 15.4 Å². The molecule has 1 amide bonds. The number of rotatable bonds is 7. The summed E-state index contributed by atoms with van der Waals surface area (Å²) in [5.74, 6) is 2.52. The fraction of sp³-hybridized carbons (Fsp3) is 0.632. The van der Waals surface area contributed by atoms with Crippen LogP contribution in [0, 0.1) is 11.8 Å². The molecule has 2 N–H and O–H groups in total. The normalized spacial score (nSPS) is 24.2. The Morgan fingerprint density at radius 1 is 1.17 bits per heavy atom. The molecule has 4 nitrogen and oxygen atoms in total. The molecule has 0 heterocycles. The number of carbonyl (C=O) groups excluding carboxylic acids is 1. The van der Waals surface area contributed by atoms with Crippen LogP contribution in [0.15, 0.2) is 24.3 Å². The number of benzene rings is 1. The monoisotopic (exact) mass is 316 g/mol. The summed E-state index contributed by atoms with van der Waals surface area (Å²) < 4.78 is 5.16. The molecule has 2 atom stereocenters. The van der Waals surface area contributed by atoms with Crippen LogP contribution in [0.25, 0.3) is 0 Å². The van der Waals surface area contributed by atoms with Crippen LogP contribution in [-0.2, 0) is 0 Å². The molecular formula is C19H28N2O2. The predicted octanol–water partition coefficient (Wildman–Crippen LogP) is 2.98. The lowest BCUT2D eigenvalue weighted by atomic mass is 9.81. The van der Waals surface area contributed by atoms with Crippen LogP contribution in [0.2, 0.25) is 0 Å². The lowest BCUT2D eigenvalue weighted by molar-refractivity contribution is 0.0952. The molecule has 2 saturated carbocycles. The molecule has 1 aromatic rings. The summed E-state index contributed by atoms with van der Waals surface area (Å²) in [4.78, 5) is 12.2. The first-order valence-corrected chi connectivity index (χ1v) is 8.93. The van der Waals surface area contributed by atoms with Crippen LogP contribution in [0.3, 0.4) is 0 Å². The summed E-state index contributed by atoms with van der Waals surface area (Å²) in [5, 5.41) is 6.68. The van der Waals surface area contributed by atoms with Gasteiger partial charge in [-0.2, -0.15) is 0 Å². The van der Waals surface area contributed by atoms with Crippen LogP contribution < -0.4 is 15.4 Å². The van der Waals surface area contributed by atoms with E-state index in [4.69, 9.17) is 4.74 Å². The highest BCUT2D eigenvalue weighted by molar-refractivity contribution is 5.94. The van der Waals surface area contributed by atoms with E-state index in [0.717, 1.165) is 18.4 Å². The summed E-state index contributed by atoms with van der Waals surface area (Å²) in [6, 6.07) is 7.93. The number of nitrogens with one attached hydrogen (secondary N) is 2. The zero-order valence-electron chi connectivity index (χ0n) is 14.0. The number of amides is 1. The molecule has 0 aromatic heterocycles. The van der Waals surface area contributed by atoms with Crippen molar-refractivity contribution in [3.05, 3.63) is 29.8 Å². The van der Waals surface area contributed by atoms with Crippen LogP contribution in [-0.4, -0.2) is 32.1 Å². The minimum atomic E-state index is -0.0342. The third-order valence-electron chi connectivity index (χ3n) is 5.20. The topological polar surface area (TPSA) is 50.4 Å². The molecule has 1 aromatic carbocycles. The molecule has 0 bridgehead atoms. The second kappa shape index (κ2) is 7.82. The highest BCUT2D eigenvalue weighted by atomic mass is 16.5. The van der Waals surface area contributed by atoms with Crippen molar-refractivity contribution in [2.24, 2.45) is 11.8 Å². The minimum absolute atomic E-state index is 0.0342. The summed E-state index contributed by atoms with van der Waals surface area (Å²) in [6.45, 7) is 1.52. The molecule has 23 heavy (non-hydrogen) atoms. The van der Waals surface area contributed by atoms with Gasteiger partial charge in [-0.15, -0.1) is 0 Å². The third-order valence-corrected chi connectivity index (χ3v) is 5.20. The van der Waals surface area contributed by atoms with E-state index in [-0.39, 0.29) is 5.91 Å². The van der Waals surface area contributed by atoms with Crippen LogP contribution in [0.1, 0.15) is 48.9 Å². The molecule has 4 heteroatoms.